The van der Waals surface area contributed by atoms with Crippen LogP contribution in [-0.4, -0.2) is 61.4 Å². The molecule has 1 heterocycles. The van der Waals surface area contributed by atoms with E-state index < -0.39 is 29.2 Å². The van der Waals surface area contributed by atoms with Crippen molar-refractivity contribution in [1.29, 1.82) is 0 Å². The lowest BCUT2D eigenvalue weighted by Gasteiger charge is -2.36. The van der Waals surface area contributed by atoms with Crippen LogP contribution < -0.4 is 5.32 Å². The number of methoxy groups -OCH3 is 1. The molecule has 0 spiro atoms. The van der Waals surface area contributed by atoms with Gasteiger partial charge in [-0.2, -0.15) is 0 Å². The number of rotatable bonds is 4. The molecule has 3 rings (SSSR count). The Morgan fingerprint density at radius 1 is 1.17 bits per heavy atom. The van der Waals surface area contributed by atoms with Crippen LogP contribution in [0.2, 0.25) is 0 Å². The van der Waals surface area contributed by atoms with Crippen LogP contribution in [0.15, 0.2) is 24.3 Å². The van der Waals surface area contributed by atoms with Crippen LogP contribution in [0.3, 0.4) is 0 Å². The van der Waals surface area contributed by atoms with Gasteiger partial charge in [0.2, 0.25) is 5.91 Å². The second-order valence-corrected chi connectivity index (χ2v) is 8.40. The molecule has 2 aliphatic rings. The van der Waals surface area contributed by atoms with E-state index in [1.54, 1.807) is 32.9 Å². The first kappa shape index (κ1) is 21.1. The van der Waals surface area contributed by atoms with E-state index in [9.17, 15) is 14.4 Å². The number of hydrogen-bond donors (Lipinski definition) is 1. The fourth-order valence-corrected chi connectivity index (χ4v) is 3.33. The average Bonchev–Trinajstić information content (AvgIpc) is 3.46. The minimum absolute atomic E-state index is 0.127. The zero-order valence-electron chi connectivity index (χ0n) is 17.3. The van der Waals surface area contributed by atoms with E-state index in [4.69, 9.17) is 14.2 Å². The van der Waals surface area contributed by atoms with Crippen LogP contribution in [0.4, 0.5) is 4.79 Å². The topological polar surface area (TPSA) is 94.2 Å². The highest BCUT2D eigenvalue weighted by Crippen LogP contribution is 2.45. The van der Waals surface area contributed by atoms with Crippen LogP contribution in [0.25, 0.3) is 0 Å². The summed E-state index contributed by atoms with van der Waals surface area (Å²) >= 11 is 0. The molecule has 158 valence electrons. The molecule has 1 saturated heterocycles. The van der Waals surface area contributed by atoms with Gasteiger partial charge in [-0.25, -0.2) is 9.59 Å². The second kappa shape index (κ2) is 8.02. The predicted molar refractivity (Wildman–Crippen MR) is 104 cm³/mol. The highest BCUT2D eigenvalue weighted by atomic mass is 16.6. The fraction of sp³-hybridized carbons (Fsp3) is 0.571. The molecular formula is C21H28N2O6. The Balaban J connectivity index is 1.70. The van der Waals surface area contributed by atoms with Crippen molar-refractivity contribution in [2.75, 3.05) is 26.9 Å². The van der Waals surface area contributed by atoms with Crippen LogP contribution in [0, 0.1) is 0 Å². The van der Waals surface area contributed by atoms with Crippen molar-refractivity contribution in [3.8, 4) is 0 Å². The molecule has 1 saturated carbocycles. The standard InChI is InChI=1S/C21H28N2O6/c1-20(2,3)29-19(26)23-11-12-28-13-16(23)17(24)22-21(9-10-21)15-7-5-14(6-8-15)18(25)27-4/h5-8,16H,9-13H2,1-4H3,(H,22,24)/t16-/m1/s1. The summed E-state index contributed by atoms with van der Waals surface area (Å²) < 4.78 is 15.6. The summed E-state index contributed by atoms with van der Waals surface area (Å²) in [5.41, 5.74) is 0.243. The number of nitrogens with zero attached hydrogens (tertiary/aromatic N) is 1. The number of hydrogen-bond acceptors (Lipinski definition) is 6. The summed E-state index contributed by atoms with van der Waals surface area (Å²) in [5, 5.41) is 3.08. The number of benzene rings is 1. The van der Waals surface area contributed by atoms with Gasteiger partial charge in [-0.15, -0.1) is 0 Å². The number of ether oxygens (including phenoxy) is 3. The molecule has 1 aliphatic heterocycles. The van der Waals surface area contributed by atoms with E-state index in [0.717, 1.165) is 18.4 Å². The maximum Gasteiger partial charge on any atom is 0.411 e. The first-order chi connectivity index (χ1) is 13.6. The normalized spacial score (nSPS) is 20.6. The molecule has 1 N–H and O–H groups in total. The number of carbonyl (C=O) groups is 3. The first-order valence-electron chi connectivity index (χ1n) is 9.73. The number of morpholine rings is 1. The van der Waals surface area contributed by atoms with Gasteiger partial charge in [-0.1, -0.05) is 12.1 Å². The number of amides is 2. The van der Waals surface area contributed by atoms with Crippen molar-refractivity contribution in [3.05, 3.63) is 35.4 Å². The Hall–Kier alpha value is -2.61. The molecular weight excluding hydrogens is 376 g/mol. The maximum atomic E-state index is 13.0. The molecule has 1 aromatic rings. The van der Waals surface area contributed by atoms with Crippen molar-refractivity contribution in [2.24, 2.45) is 0 Å². The van der Waals surface area contributed by atoms with E-state index in [2.05, 4.69) is 5.32 Å². The van der Waals surface area contributed by atoms with Crippen LogP contribution in [0.5, 0.6) is 0 Å². The monoisotopic (exact) mass is 404 g/mol. The summed E-state index contributed by atoms with van der Waals surface area (Å²) in [4.78, 5) is 38.6. The molecule has 0 radical (unpaired) electrons. The molecule has 1 aliphatic carbocycles. The Labute approximate surface area is 170 Å². The lowest BCUT2D eigenvalue weighted by atomic mass is 10.0. The van der Waals surface area contributed by atoms with E-state index in [-0.39, 0.29) is 12.5 Å². The number of esters is 1. The third-order valence-corrected chi connectivity index (χ3v) is 5.03. The third kappa shape index (κ3) is 4.87. The Morgan fingerprint density at radius 2 is 1.83 bits per heavy atom. The smallest absolute Gasteiger partial charge is 0.411 e. The summed E-state index contributed by atoms with van der Waals surface area (Å²) in [6.07, 6.45) is 1.06. The van der Waals surface area contributed by atoms with Gasteiger partial charge in [0.25, 0.3) is 0 Å². The molecule has 29 heavy (non-hydrogen) atoms. The largest absolute Gasteiger partial charge is 0.465 e. The molecule has 2 amide bonds. The van der Waals surface area contributed by atoms with Gasteiger partial charge >= 0.3 is 12.1 Å². The Bertz CT molecular complexity index is 779. The van der Waals surface area contributed by atoms with Gasteiger partial charge in [-0.05, 0) is 51.3 Å². The van der Waals surface area contributed by atoms with E-state index >= 15 is 0 Å². The zero-order chi connectivity index (χ0) is 21.2. The second-order valence-electron chi connectivity index (χ2n) is 8.40. The fourth-order valence-electron chi connectivity index (χ4n) is 3.33. The van der Waals surface area contributed by atoms with Gasteiger partial charge in [0, 0.05) is 6.54 Å². The molecule has 2 fully saturated rings. The van der Waals surface area contributed by atoms with Crippen LogP contribution >= 0.6 is 0 Å². The van der Waals surface area contributed by atoms with E-state index in [1.165, 1.54) is 12.0 Å². The summed E-state index contributed by atoms with van der Waals surface area (Å²) in [6, 6.07) is 6.27. The number of nitrogens with one attached hydrogen (secondary N) is 1. The maximum absolute atomic E-state index is 13.0. The van der Waals surface area contributed by atoms with Gasteiger partial charge in [0.15, 0.2) is 0 Å². The molecule has 1 atom stereocenters. The highest BCUT2D eigenvalue weighted by Gasteiger charge is 2.48. The van der Waals surface area contributed by atoms with E-state index in [0.29, 0.717) is 18.7 Å². The molecule has 0 unspecified atom stereocenters. The minimum Gasteiger partial charge on any atom is -0.465 e. The van der Waals surface area contributed by atoms with Crippen LogP contribution in [-0.2, 0) is 24.5 Å². The first-order valence-corrected chi connectivity index (χ1v) is 9.73. The quantitative estimate of drug-likeness (QED) is 0.774. The zero-order valence-corrected chi connectivity index (χ0v) is 17.3. The molecule has 8 heteroatoms. The van der Waals surface area contributed by atoms with Crippen molar-refractivity contribution >= 4 is 18.0 Å². The predicted octanol–water partition coefficient (Wildman–Crippen LogP) is 2.21. The minimum atomic E-state index is -0.745. The highest BCUT2D eigenvalue weighted by molar-refractivity contribution is 5.89. The summed E-state index contributed by atoms with van der Waals surface area (Å²) in [7, 11) is 1.33. The van der Waals surface area contributed by atoms with Crippen molar-refractivity contribution < 1.29 is 28.6 Å². The Kier molecular flexibility index (Phi) is 5.84. The number of carbonyl (C=O) groups excluding carboxylic acids is 3. The lowest BCUT2D eigenvalue weighted by Crippen LogP contribution is -2.58. The van der Waals surface area contributed by atoms with Gasteiger partial charge in [-0.3, -0.25) is 9.69 Å². The van der Waals surface area contributed by atoms with Gasteiger partial charge in [0.05, 0.1) is 31.4 Å². The molecule has 0 aromatic heterocycles. The Morgan fingerprint density at radius 3 is 2.38 bits per heavy atom. The van der Waals surface area contributed by atoms with Gasteiger partial charge in [0.1, 0.15) is 11.6 Å². The summed E-state index contributed by atoms with van der Waals surface area (Å²) in [5.74, 6) is -0.678. The molecule has 1 aromatic carbocycles. The molecule has 8 nitrogen and oxygen atoms in total. The van der Waals surface area contributed by atoms with Crippen molar-refractivity contribution in [3.63, 3.8) is 0 Å². The SMILES string of the molecule is COC(=O)c1ccc(C2(NC(=O)[C@H]3COCCN3C(=O)OC(C)(C)C)CC2)cc1. The van der Waals surface area contributed by atoms with E-state index in [1.807, 2.05) is 12.1 Å². The lowest BCUT2D eigenvalue weighted by molar-refractivity contribution is -0.133. The summed E-state index contributed by atoms with van der Waals surface area (Å²) in [6.45, 7) is 6.16. The van der Waals surface area contributed by atoms with Crippen LogP contribution in [0.1, 0.15) is 49.5 Å². The van der Waals surface area contributed by atoms with Crippen molar-refractivity contribution in [1.82, 2.24) is 10.2 Å². The molecule has 0 bridgehead atoms. The third-order valence-electron chi connectivity index (χ3n) is 5.03. The van der Waals surface area contributed by atoms with Crippen molar-refractivity contribution in [2.45, 2.75) is 50.8 Å². The average molecular weight is 404 g/mol. The van der Waals surface area contributed by atoms with Gasteiger partial charge < -0.3 is 19.5 Å².